The first-order valence-corrected chi connectivity index (χ1v) is 8.68. The summed E-state index contributed by atoms with van der Waals surface area (Å²) < 4.78 is 5.44. The second-order valence-corrected chi connectivity index (χ2v) is 6.92. The van der Waals surface area contributed by atoms with E-state index in [0.29, 0.717) is 5.92 Å². The fourth-order valence-corrected chi connectivity index (χ4v) is 3.51. The summed E-state index contributed by atoms with van der Waals surface area (Å²) in [5, 5.41) is 0. The van der Waals surface area contributed by atoms with Gasteiger partial charge in [0.25, 0.3) is 0 Å². The number of hydrogen-bond acceptors (Lipinski definition) is 3. The molecule has 1 fully saturated rings. The molecule has 1 aromatic rings. The molecule has 0 saturated carbocycles. The molecule has 1 aromatic carbocycles. The highest BCUT2D eigenvalue weighted by molar-refractivity contribution is 5.86. The molecule has 5 heteroatoms. The van der Waals surface area contributed by atoms with Crippen LogP contribution in [0.15, 0.2) is 24.3 Å². The normalized spacial score (nSPS) is 17.8. The Bertz CT molecular complexity index is 526. The molecule has 0 bridgehead atoms. The number of amides is 1. The molecule has 0 spiro atoms. The SMILES string of the molecule is CCCC(C)(N)C(=O)N1CCC(Cc2ccccc2OC)CC1.Cl. The van der Waals surface area contributed by atoms with Crippen molar-refractivity contribution in [2.24, 2.45) is 11.7 Å². The molecule has 0 aromatic heterocycles. The summed E-state index contributed by atoms with van der Waals surface area (Å²) in [7, 11) is 1.72. The lowest BCUT2D eigenvalue weighted by Crippen LogP contribution is -2.55. The van der Waals surface area contributed by atoms with E-state index in [1.54, 1.807) is 7.11 Å². The molecule has 2 N–H and O–H groups in total. The van der Waals surface area contributed by atoms with E-state index in [-0.39, 0.29) is 18.3 Å². The number of methoxy groups -OCH3 is 1. The Hall–Kier alpha value is -1.26. The number of nitrogens with zero attached hydrogens (tertiary/aromatic N) is 1. The fraction of sp³-hybridized carbons (Fsp3) is 0.632. The van der Waals surface area contributed by atoms with E-state index in [1.807, 2.05) is 24.0 Å². The summed E-state index contributed by atoms with van der Waals surface area (Å²) in [4.78, 5) is 14.5. The fourth-order valence-electron chi connectivity index (χ4n) is 3.51. The van der Waals surface area contributed by atoms with Crippen LogP contribution in [0.4, 0.5) is 0 Å². The molecule has 0 radical (unpaired) electrons. The molecule has 1 unspecified atom stereocenters. The first kappa shape index (κ1) is 20.8. The molecule has 136 valence electrons. The Morgan fingerprint density at radius 1 is 1.33 bits per heavy atom. The van der Waals surface area contributed by atoms with E-state index >= 15 is 0 Å². The molecule has 1 aliphatic rings. The quantitative estimate of drug-likeness (QED) is 0.851. The van der Waals surface area contributed by atoms with Crippen LogP contribution in [0.3, 0.4) is 0 Å². The standard InChI is InChI=1S/C19H30N2O2.ClH/c1-4-11-19(2,20)18(22)21-12-9-15(10-13-21)14-16-7-5-6-8-17(16)23-3;/h5-8,15H,4,9-14,20H2,1-3H3;1H. The Morgan fingerprint density at radius 2 is 1.96 bits per heavy atom. The molecule has 24 heavy (non-hydrogen) atoms. The van der Waals surface area contributed by atoms with Gasteiger partial charge in [-0.05, 0) is 50.2 Å². The number of ether oxygens (including phenoxy) is 1. The van der Waals surface area contributed by atoms with Crippen molar-refractivity contribution in [1.82, 2.24) is 4.90 Å². The second-order valence-electron chi connectivity index (χ2n) is 6.92. The van der Waals surface area contributed by atoms with Crippen LogP contribution in [0, 0.1) is 5.92 Å². The average Bonchev–Trinajstić information content (AvgIpc) is 2.55. The van der Waals surface area contributed by atoms with Crippen molar-refractivity contribution in [3.05, 3.63) is 29.8 Å². The Kier molecular flexibility index (Phi) is 8.04. The van der Waals surface area contributed by atoms with Crippen molar-refractivity contribution in [1.29, 1.82) is 0 Å². The second kappa shape index (κ2) is 9.28. The number of para-hydroxylation sites is 1. The summed E-state index contributed by atoms with van der Waals surface area (Å²) in [5.74, 6) is 1.67. The molecule has 1 heterocycles. The van der Waals surface area contributed by atoms with E-state index in [2.05, 4.69) is 19.1 Å². The van der Waals surface area contributed by atoms with Gasteiger partial charge in [0.1, 0.15) is 5.75 Å². The highest BCUT2D eigenvalue weighted by atomic mass is 35.5. The predicted octanol–water partition coefficient (Wildman–Crippen LogP) is 3.42. The highest BCUT2D eigenvalue weighted by Gasteiger charge is 2.33. The van der Waals surface area contributed by atoms with Crippen LogP contribution in [0.1, 0.15) is 45.1 Å². The van der Waals surface area contributed by atoms with Gasteiger partial charge in [0.05, 0.1) is 12.6 Å². The van der Waals surface area contributed by atoms with Gasteiger partial charge in [-0.15, -0.1) is 12.4 Å². The Balaban J connectivity index is 0.00000288. The topological polar surface area (TPSA) is 55.6 Å². The highest BCUT2D eigenvalue weighted by Crippen LogP contribution is 2.27. The monoisotopic (exact) mass is 354 g/mol. The van der Waals surface area contributed by atoms with E-state index in [0.717, 1.165) is 50.9 Å². The lowest BCUT2D eigenvalue weighted by atomic mass is 9.88. The summed E-state index contributed by atoms with van der Waals surface area (Å²) in [6.07, 6.45) is 4.76. The summed E-state index contributed by atoms with van der Waals surface area (Å²) in [5.41, 5.74) is 6.73. The van der Waals surface area contributed by atoms with Crippen LogP contribution in [0.2, 0.25) is 0 Å². The lowest BCUT2D eigenvalue weighted by molar-refractivity contribution is -0.138. The predicted molar refractivity (Wildman–Crippen MR) is 101 cm³/mol. The van der Waals surface area contributed by atoms with Gasteiger partial charge in [-0.25, -0.2) is 0 Å². The van der Waals surface area contributed by atoms with Gasteiger partial charge in [-0.1, -0.05) is 31.5 Å². The van der Waals surface area contributed by atoms with Crippen LogP contribution in [0.5, 0.6) is 5.75 Å². The summed E-state index contributed by atoms with van der Waals surface area (Å²) in [6, 6.07) is 8.20. The third kappa shape index (κ3) is 5.12. The minimum absolute atomic E-state index is 0. The van der Waals surface area contributed by atoms with Crippen molar-refractivity contribution in [2.45, 2.75) is 51.5 Å². The van der Waals surface area contributed by atoms with Gasteiger partial charge in [0, 0.05) is 13.1 Å². The third-order valence-electron chi connectivity index (χ3n) is 4.86. The Morgan fingerprint density at radius 3 is 2.54 bits per heavy atom. The first-order valence-electron chi connectivity index (χ1n) is 8.68. The van der Waals surface area contributed by atoms with E-state index in [1.165, 1.54) is 5.56 Å². The van der Waals surface area contributed by atoms with Crippen molar-refractivity contribution in [3.8, 4) is 5.75 Å². The summed E-state index contributed by atoms with van der Waals surface area (Å²) in [6.45, 7) is 5.56. The smallest absolute Gasteiger partial charge is 0.242 e. The maximum atomic E-state index is 12.6. The van der Waals surface area contributed by atoms with Crippen molar-refractivity contribution in [3.63, 3.8) is 0 Å². The molecule has 1 aliphatic heterocycles. The molecule has 1 atom stereocenters. The largest absolute Gasteiger partial charge is 0.496 e. The maximum absolute atomic E-state index is 12.6. The zero-order valence-electron chi connectivity index (χ0n) is 15.1. The number of carbonyl (C=O) groups is 1. The molecule has 0 aliphatic carbocycles. The van der Waals surface area contributed by atoms with Crippen LogP contribution in [0.25, 0.3) is 0 Å². The zero-order valence-corrected chi connectivity index (χ0v) is 15.9. The van der Waals surface area contributed by atoms with Gasteiger partial charge in [0.2, 0.25) is 5.91 Å². The molecule has 4 nitrogen and oxygen atoms in total. The molecular formula is C19H31ClN2O2. The number of halogens is 1. The van der Waals surface area contributed by atoms with Crippen molar-refractivity contribution in [2.75, 3.05) is 20.2 Å². The average molecular weight is 355 g/mol. The minimum atomic E-state index is -0.718. The number of hydrogen-bond donors (Lipinski definition) is 1. The molecular weight excluding hydrogens is 324 g/mol. The van der Waals surface area contributed by atoms with Crippen molar-refractivity contribution < 1.29 is 9.53 Å². The van der Waals surface area contributed by atoms with Crippen LogP contribution < -0.4 is 10.5 Å². The van der Waals surface area contributed by atoms with Gasteiger partial charge < -0.3 is 15.4 Å². The van der Waals surface area contributed by atoms with E-state index in [9.17, 15) is 4.79 Å². The molecule has 1 saturated heterocycles. The van der Waals surface area contributed by atoms with Crippen LogP contribution >= 0.6 is 12.4 Å². The maximum Gasteiger partial charge on any atom is 0.242 e. The van der Waals surface area contributed by atoms with Gasteiger partial charge in [-0.2, -0.15) is 0 Å². The molecule has 2 rings (SSSR count). The Labute approximate surface area is 152 Å². The summed E-state index contributed by atoms with van der Waals surface area (Å²) >= 11 is 0. The number of piperidine rings is 1. The van der Waals surface area contributed by atoms with Crippen molar-refractivity contribution >= 4 is 18.3 Å². The van der Waals surface area contributed by atoms with Gasteiger partial charge in [0.15, 0.2) is 0 Å². The first-order chi connectivity index (χ1) is 11.0. The number of nitrogens with two attached hydrogens (primary N) is 1. The lowest BCUT2D eigenvalue weighted by Gasteiger charge is -2.37. The van der Waals surface area contributed by atoms with Gasteiger partial charge >= 0.3 is 0 Å². The van der Waals surface area contributed by atoms with E-state index in [4.69, 9.17) is 10.5 Å². The molecule has 1 amide bonds. The van der Waals surface area contributed by atoms with Crippen LogP contribution in [-0.2, 0) is 11.2 Å². The number of carbonyl (C=O) groups excluding carboxylic acids is 1. The number of likely N-dealkylation sites (tertiary alicyclic amines) is 1. The van der Waals surface area contributed by atoms with Gasteiger partial charge in [-0.3, -0.25) is 4.79 Å². The third-order valence-corrected chi connectivity index (χ3v) is 4.86. The van der Waals surface area contributed by atoms with E-state index < -0.39 is 5.54 Å². The zero-order chi connectivity index (χ0) is 16.9. The number of benzene rings is 1. The van der Waals surface area contributed by atoms with Crippen LogP contribution in [-0.4, -0.2) is 36.5 Å². The minimum Gasteiger partial charge on any atom is -0.496 e. The number of rotatable bonds is 6.